The lowest BCUT2D eigenvalue weighted by Crippen LogP contribution is -2.41. The number of aryl methyl sites for hydroxylation is 1. The van der Waals surface area contributed by atoms with E-state index in [0.717, 1.165) is 18.8 Å². The molecule has 3 nitrogen and oxygen atoms in total. The van der Waals surface area contributed by atoms with E-state index in [1.54, 1.807) is 7.11 Å². The molecule has 1 aromatic rings. The van der Waals surface area contributed by atoms with Gasteiger partial charge in [-0.1, -0.05) is 6.07 Å². The molecule has 0 bridgehead atoms. The van der Waals surface area contributed by atoms with Crippen molar-refractivity contribution in [3.8, 4) is 5.75 Å². The van der Waals surface area contributed by atoms with Gasteiger partial charge in [0.25, 0.3) is 0 Å². The average Bonchev–Trinajstić information content (AvgIpc) is 2.45. The molecule has 0 aromatic heterocycles. The van der Waals surface area contributed by atoms with Crippen LogP contribution in [0.2, 0.25) is 0 Å². The largest absolute Gasteiger partial charge is 0.495 e. The third-order valence-electron chi connectivity index (χ3n) is 4.00. The van der Waals surface area contributed by atoms with E-state index in [4.69, 9.17) is 4.74 Å². The summed E-state index contributed by atoms with van der Waals surface area (Å²) in [6, 6.07) is 7.11. The van der Waals surface area contributed by atoms with Gasteiger partial charge in [-0.3, -0.25) is 0 Å². The number of benzene rings is 1. The normalized spacial score (nSPS) is 19.5. The Morgan fingerprint density at radius 1 is 1.37 bits per heavy atom. The molecule has 1 aliphatic rings. The van der Waals surface area contributed by atoms with Crippen LogP contribution in [-0.4, -0.2) is 33.3 Å². The minimum Gasteiger partial charge on any atom is -0.495 e. The van der Waals surface area contributed by atoms with Crippen molar-refractivity contribution < 1.29 is 4.74 Å². The Hall–Kier alpha value is -1.22. The molecular weight excluding hydrogens is 236 g/mol. The van der Waals surface area contributed by atoms with E-state index in [-0.39, 0.29) is 0 Å². The van der Waals surface area contributed by atoms with Crippen LogP contribution in [0.1, 0.15) is 31.2 Å². The van der Waals surface area contributed by atoms with Crippen molar-refractivity contribution in [3.63, 3.8) is 0 Å². The Labute approximate surface area is 116 Å². The summed E-state index contributed by atoms with van der Waals surface area (Å²) in [6.07, 6.45) is 5.12. The maximum Gasteiger partial charge on any atom is 0.142 e. The van der Waals surface area contributed by atoms with E-state index in [0.29, 0.717) is 6.04 Å². The highest BCUT2D eigenvalue weighted by atomic mass is 16.5. The molecule has 1 aromatic carbocycles. The van der Waals surface area contributed by atoms with Crippen LogP contribution in [0.3, 0.4) is 0 Å². The molecular formula is C16H26N2O. The average molecular weight is 262 g/mol. The Kier molecular flexibility index (Phi) is 5.08. The van der Waals surface area contributed by atoms with Crippen molar-refractivity contribution in [2.75, 3.05) is 32.1 Å². The van der Waals surface area contributed by atoms with Gasteiger partial charge in [-0.05, 0) is 63.9 Å². The summed E-state index contributed by atoms with van der Waals surface area (Å²) in [5.74, 6) is 1.00. The van der Waals surface area contributed by atoms with E-state index >= 15 is 0 Å². The highest BCUT2D eigenvalue weighted by molar-refractivity contribution is 5.61. The topological polar surface area (TPSA) is 24.5 Å². The Balaban J connectivity index is 2.23. The van der Waals surface area contributed by atoms with Crippen LogP contribution < -0.4 is 15.0 Å². The molecule has 0 spiro atoms. The van der Waals surface area contributed by atoms with E-state index < -0.39 is 0 Å². The Bertz CT molecular complexity index is 406. The van der Waals surface area contributed by atoms with Crippen molar-refractivity contribution in [2.24, 2.45) is 0 Å². The smallest absolute Gasteiger partial charge is 0.142 e. The molecule has 106 valence electrons. The van der Waals surface area contributed by atoms with Crippen LogP contribution in [-0.2, 0) is 0 Å². The number of hydrogen-bond donors (Lipinski definition) is 1. The Morgan fingerprint density at radius 3 is 2.95 bits per heavy atom. The number of nitrogens with one attached hydrogen (secondary N) is 1. The third-order valence-corrected chi connectivity index (χ3v) is 4.00. The highest BCUT2D eigenvalue weighted by Gasteiger charge is 2.24. The van der Waals surface area contributed by atoms with Gasteiger partial charge in [0.05, 0.1) is 12.8 Å². The van der Waals surface area contributed by atoms with Crippen LogP contribution >= 0.6 is 0 Å². The van der Waals surface area contributed by atoms with Gasteiger partial charge in [-0.15, -0.1) is 0 Å². The van der Waals surface area contributed by atoms with Crippen LogP contribution in [0.4, 0.5) is 5.69 Å². The highest BCUT2D eigenvalue weighted by Crippen LogP contribution is 2.34. The molecule has 1 N–H and O–H groups in total. The number of rotatable bonds is 5. The van der Waals surface area contributed by atoms with Crippen LogP contribution in [0.15, 0.2) is 18.2 Å². The van der Waals surface area contributed by atoms with Crippen LogP contribution in [0.5, 0.6) is 5.75 Å². The van der Waals surface area contributed by atoms with Gasteiger partial charge >= 0.3 is 0 Å². The van der Waals surface area contributed by atoms with Crippen molar-refractivity contribution in [3.05, 3.63) is 23.8 Å². The maximum absolute atomic E-state index is 5.55. The quantitative estimate of drug-likeness (QED) is 0.883. The minimum absolute atomic E-state index is 0.636. The van der Waals surface area contributed by atoms with Gasteiger partial charge in [0.15, 0.2) is 0 Å². The number of nitrogens with zero attached hydrogens (tertiary/aromatic N) is 1. The zero-order valence-electron chi connectivity index (χ0n) is 12.4. The van der Waals surface area contributed by atoms with Crippen molar-refractivity contribution in [2.45, 2.75) is 38.6 Å². The zero-order valence-corrected chi connectivity index (χ0v) is 12.4. The van der Waals surface area contributed by atoms with Crippen molar-refractivity contribution in [1.82, 2.24) is 5.32 Å². The number of ether oxygens (including phenoxy) is 1. The Morgan fingerprint density at radius 2 is 2.21 bits per heavy atom. The summed E-state index contributed by atoms with van der Waals surface area (Å²) < 4.78 is 5.55. The first-order valence-corrected chi connectivity index (χ1v) is 7.32. The van der Waals surface area contributed by atoms with Crippen molar-refractivity contribution in [1.29, 1.82) is 0 Å². The molecule has 0 radical (unpaired) electrons. The SMILES string of the molecule is CNCCC1CCCCN1c1cc(C)ccc1OC. The van der Waals surface area contributed by atoms with E-state index in [9.17, 15) is 0 Å². The number of piperidine rings is 1. The molecule has 3 heteroatoms. The number of anilines is 1. The molecule has 1 unspecified atom stereocenters. The second-order valence-corrected chi connectivity index (χ2v) is 5.41. The summed E-state index contributed by atoms with van der Waals surface area (Å²) >= 11 is 0. The molecule has 1 aliphatic heterocycles. The molecule has 0 aliphatic carbocycles. The van der Waals surface area contributed by atoms with E-state index in [2.05, 4.69) is 35.3 Å². The summed E-state index contributed by atoms with van der Waals surface area (Å²) in [7, 11) is 3.79. The van der Waals surface area contributed by atoms with Gasteiger partial charge in [-0.25, -0.2) is 0 Å². The number of hydrogen-bond acceptors (Lipinski definition) is 3. The molecule has 1 atom stereocenters. The van der Waals surface area contributed by atoms with E-state index in [1.165, 1.54) is 36.9 Å². The molecule has 0 amide bonds. The third kappa shape index (κ3) is 3.41. The van der Waals surface area contributed by atoms with Gasteiger partial charge in [0.2, 0.25) is 0 Å². The maximum atomic E-state index is 5.55. The second kappa shape index (κ2) is 6.80. The van der Waals surface area contributed by atoms with Crippen molar-refractivity contribution >= 4 is 5.69 Å². The lowest BCUT2D eigenvalue weighted by Gasteiger charge is -2.38. The first-order chi connectivity index (χ1) is 9.26. The lowest BCUT2D eigenvalue weighted by atomic mass is 9.98. The van der Waals surface area contributed by atoms with Crippen LogP contribution in [0.25, 0.3) is 0 Å². The molecule has 1 fully saturated rings. The summed E-state index contributed by atoms with van der Waals surface area (Å²) in [5, 5.41) is 3.27. The van der Waals surface area contributed by atoms with Gasteiger partial charge in [0.1, 0.15) is 5.75 Å². The molecule has 1 heterocycles. The minimum atomic E-state index is 0.636. The molecule has 1 saturated heterocycles. The predicted molar refractivity (Wildman–Crippen MR) is 81.3 cm³/mol. The monoisotopic (exact) mass is 262 g/mol. The fourth-order valence-electron chi connectivity index (χ4n) is 2.95. The van der Waals surface area contributed by atoms with Gasteiger partial charge < -0.3 is 15.0 Å². The van der Waals surface area contributed by atoms with Gasteiger partial charge in [-0.2, -0.15) is 0 Å². The van der Waals surface area contributed by atoms with Gasteiger partial charge in [0, 0.05) is 12.6 Å². The standard InChI is InChI=1S/C16H26N2O/c1-13-7-8-16(19-3)15(12-13)18-11-5-4-6-14(18)9-10-17-2/h7-8,12,14,17H,4-6,9-11H2,1-3H3. The summed E-state index contributed by atoms with van der Waals surface area (Å²) in [5.41, 5.74) is 2.57. The van der Waals surface area contributed by atoms with Crippen LogP contribution in [0, 0.1) is 6.92 Å². The first-order valence-electron chi connectivity index (χ1n) is 7.32. The fraction of sp³-hybridized carbons (Fsp3) is 0.625. The number of methoxy groups -OCH3 is 1. The first kappa shape index (κ1) is 14.2. The summed E-state index contributed by atoms with van der Waals surface area (Å²) in [6.45, 7) is 4.37. The molecule has 2 rings (SSSR count). The zero-order chi connectivity index (χ0) is 13.7. The second-order valence-electron chi connectivity index (χ2n) is 5.41. The predicted octanol–water partition coefficient (Wildman–Crippen LogP) is 2.97. The summed E-state index contributed by atoms with van der Waals surface area (Å²) in [4.78, 5) is 2.55. The molecule has 19 heavy (non-hydrogen) atoms. The fourth-order valence-corrected chi connectivity index (χ4v) is 2.95. The lowest BCUT2D eigenvalue weighted by molar-refractivity contribution is 0.398. The molecule has 0 saturated carbocycles. The van der Waals surface area contributed by atoms with E-state index in [1.807, 2.05) is 7.05 Å².